The van der Waals surface area contributed by atoms with Crippen LogP contribution < -0.4 is 5.32 Å². The van der Waals surface area contributed by atoms with Crippen LogP contribution in [0.2, 0.25) is 0 Å². The largest absolute Gasteiger partial charge is 0.481 e. The Bertz CT molecular complexity index is 635. The summed E-state index contributed by atoms with van der Waals surface area (Å²) in [6, 6.07) is 8.34. The van der Waals surface area contributed by atoms with E-state index in [1.165, 1.54) is 0 Å². The van der Waals surface area contributed by atoms with Gasteiger partial charge in [0.1, 0.15) is 11.5 Å². The number of benzene rings is 1. The molecule has 6 nitrogen and oxygen atoms in total. The molecule has 2 bridgehead atoms. The third kappa shape index (κ3) is 2.29. The third-order valence-electron chi connectivity index (χ3n) is 5.66. The minimum Gasteiger partial charge on any atom is -0.481 e. The van der Waals surface area contributed by atoms with Gasteiger partial charge in [0, 0.05) is 17.6 Å². The number of carboxylic acids is 1. The molecular weight excluding hydrogens is 308 g/mol. The second-order valence-electron chi connectivity index (χ2n) is 6.73. The van der Waals surface area contributed by atoms with Crippen molar-refractivity contribution in [1.29, 1.82) is 0 Å². The van der Waals surface area contributed by atoms with Crippen molar-refractivity contribution < 1.29 is 19.8 Å². The molecule has 5 atom stereocenters. The van der Waals surface area contributed by atoms with Crippen LogP contribution in [0, 0.1) is 5.92 Å². The number of carbonyl (C=O) groups excluding carboxylic acids is 1. The van der Waals surface area contributed by atoms with Gasteiger partial charge in [0.25, 0.3) is 0 Å². The summed E-state index contributed by atoms with van der Waals surface area (Å²) in [7, 11) is 1.86. The lowest BCUT2D eigenvalue weighted by atomic mass is 9.70. The van der Waals surface area contributed by atoms with Gasteiger partial charge in [-0.25, -0.2) is 0 Å². The molecule has 1 unspecified atom stereocenters. The highest BCUT2D eigenvalue weighted by Crippen LogP contribution is 2.45. The number of Topliss-reactive ketones (excluding diaryl/α,β-unsaturated/α-hetero) is 1. The van der Waals surface area contributed by atoms with Crippen LogP contribution in [-0.4, -0.2) is 64.2 Å². The standard InChI is InChI=1S/C18H24N2O4/c1-3-19-18(15(21)11-7-5-4-6-8-11)13-10-9-12(20(13)2)14(16(18)22)17(23)24/h4-8,12-14,16,19,22H,3,9-10H2,1-2H3,(H,23,24)/t12-,13+,14-,16-,18?/m1/s1. The van der Waals surface area contributed by atoms with Gasteiger partial charge in [0.15, 0.2) is 5.78 Å². The Labute approximate surface area is 141 Å². The van der Waals surface area contributed by atoms with Crippen molar-refractivity contribution in [2.24, 2.45) is 5.92 Å². The number of carboxylic acid groups (broad SMARTS) is 1. The topological polar surface area (TPSA) is 89.9 Å². The van der Waals surface area contributed by atoms with E-state index >= 15 is 0 Å². The van der Waals surface area contributed by atoms with Crippen LogP contribution in [0.4, 0.5) is 0 Å². The van der Waals surface area contributed by atoms with Gasteiger partial charge in [0.2, 0.25) is 0 Å². The number of aliphatic carboxylic acids is 1. The number of fused-ring (bicyclic) bond motifs is 2. The fraction of sp³-hybridized carbons (Fsp3) is 0.556. The second kappa shape index (κ2) is 6.27. The molecule has 0 amide bonds. The zero-order chi connectivity index (χ0) is 17.5. The Kier molecular flexibility index (Phi) is 4.46. The van der Waals surface area contributed by atoms with Crippen LogP contribution in [0.5, 0.6) is 0 Å². The van der Waals surface area contributed by atoms with Crippen LogP contribution in [0.1, 0.15) is 30.1 Å². The molecule has 6 heteroatoms. The van der Waals surface area contributed by atoms with Crippen LogP contribution in [0.25, 0.3) is 0 Å². The summed E-state index contributed by atoms with van der Waals surface area (Å²) in [5, 5.41) is 23.9. The molecule has 2 aliphatic rings. The normalized spacial score (nSPS) is 35.8. The lowest BCUT2D eigenvalue weighted by Crippen LogP contribution is -2.76. The van der Waals surface area contributed by atoms with E-state index in [1.54, 1.807) is 24.3 Å². The Morgan fingerprint density at radius 2 is 1.96 bits per heavy atom. The van der Waals surface area contributed by atoms with Crippen LogP contribution in [0.15, 0.2) is 30.3 Å². The SMILES string of the molecule is CCNC1(C(=O)c2ccccc2)[C@H](O)[C@H](C(=O)O)[C@H]2CC[C@@H]1N2C. The van der Waals surface area contributed by atoms with Crippen LogP contribution in [-0.2, 0) is 4.79 Å². The molecule has 2 fully saturated rings. The molecule has 2 aliphatic heterocycles. The Morgan fingerprint density at radius 1 is 1.29 bits per heavy atom. The maximum Gasteiger partial charge on any atom is 0.310 e. The summed E-state index contributed by atoms with van der Waals surface area (Å²) in [6.07, 6.45) is 0.0919. The number of carbonyl (C=O) groups is 2. The van der Waals surface area contributed by atoms with E-state index in [1.807, 2.05) is 24.9 Å². The number of nitrogens with zero attached hydrogens (tertiary/aromatic N) is 1. The highest BCUT2D eigenvalue weighted by Gasteiger charge is 2.64. The van der Waals surface area contributed by atoms with E-state index in [9.17, 15) is 19.8 Å². The lowest BCUT2D eigenvalue weighted by molar-refractivity contribution is -0.157. The summed E-state index contributed by atoms with van der Waals surface area (Å²) in [4.78, 5) is 27.2. The van der Waals surface area contributed by atoms with Crippen LogP contribution in [0.3, 0.4) is 0 Å². The van der Waals surface area contributed by atoms with Crippen molar-refractivity contribution in [3.05, 3.63) is 35.9 Å². The van der Waals surface area contributed by atoms with Gasteiger partial charge >= 0.3 is 5.97 Å². The molecule has 0 spiro atoms. The predicted molar refractivity (Wildman–Crippen MR) is 88.9 cm³/mol. The molecule has 3 rings (SSSR count). The van der Waals surface area contributed by atoms with Crippen molar-refractivity contribution in [2.45, 2.75) is 43.5 Å². The lowest BCUT2D eigenvalue weighted by Gasteiger charge is -2.52. The number of hydrogen-bond donors (Lipinski definition) is 3. The molecule has 1 aromatic carbocycles. The Balaban J connectivity index is 2.13. The van der Waals surface area contributed by atoms with E-state index in [2.05, 4.69) is 5.32 Å². The number of aliphatic hydroxyl groups is 1. The minimum atomic E-state index is -1.30. The van der Waals surface area contributed by atoms with Gasteiger partial charge in [-0.1, -0.05) is 37.3 Å². The summed E-state index contributed by atoms with van der Waals surface area (Å²) < 4.78 is 0. The van der Waals surface area contributed by atoms with Crippen LogP contribution >= 0.6 is 0 Å². The van der Waals surface area contributed by atoms with Crippen molar-refractivity contribution in [1.82, 2.24) is 10.2 Å². The Hall–Kier alpha value is -1.76. The van der Waals surface area contributed by atoms with E-state index < -0.39 is 23.5 Å². The fourth-order valence-corrected chi connectivity index (χ4v) is 4.65. The van der Waals surface area contributed by atoms with Crippen molar-refractivity contribution in [2.75, 3.05) is 13.6 Å². The first-order chi connectivity index (χ1) is 11.4. The quantitative estimate of drug-likeness (QED) is 0.690. The summed E-state index contributed by atoms with van der Waals surface area (Å²) in [5.74, 6) is -2.27. The van der Waals surface area contributed by atoms with Crippen molar-refractivity contribution >= 4 is 11.8 Å². The number of rotatable bonds is 5. The predicted octanol–water partition coefficient (Wildman–Crippen LogP) is 0.756. The maximum absolute atomic E-state index is 13.4. The van der Waals surface area contributed by atoms with E-state index in [-0.39, 0.29) is 17.9 Å². The average Bonchev–Trinajstić information content (AvgIpc) is 2.87. The molecule has 1 aromatic rings. The minimum absolute atomic E-state index is 0.222. The second-order valence-corrected chi connectivity index (χ2v) is 6.73. The molecule has 0 aliphatic carbocycles. The summed E-state index contributed by atoms with van der Waals surface area (Å²) in [6.45, 7) is 2.33. The fourth-order valence-electron chi connectivity index (χ4n) is 4.65. The van der Waals surface area contributed by atoms with E-state index in [4.69, 9.17) is 0 Å². The first-order valence-corrected chi connectivity index (χ1v) is 8.42. The number of aliphatic hydroxyl groups excluding tert-OH is 1. The molecule has 0 saturated carbocycles. The van der Waals surface area contributed by atoms with Crippen molar-refractivity contribution in [3.8, 4) is 0 Å². The van der Waals surface area contributed by atoms with Gasteiger partial charge in [-0.05, 0) is 26.4 Å². The molecule has 130 valence electrons. The molecule has 0 aromatic heterocycles. The number of likely N-dealkylation sites (N-methyl/N-ethyl adjacent to an activating group) is 2. The molecule has 3 N–H and O–H groups in total. The van der Waals surface area contributed by atoms with Gasteiger partial charge in [0.05, 0.1) is 6.10 Å². The van der Waals surface area contributed by atoms with Gasteiger partial charge < -0.3 is 15.5 Å². The average molecular weight is 332 g/mol. The van der Waals surface area contributed by atoms with Gasteiger partial charge in [-0.15, -0.1) is 0 Å². The molecule has 0 radical (unpaired) electrons. The monoisotopic (exact) mass is 332 g/mol. The number of ketones is 1. The molecule has 24 heavy (non-hydrogen) atoms. The zero-order valence-electron chi connectivity index (χ0n) is 14.0. The molecule has 2 saturated heterocycles. The Morgan fingerprint density at radius 3 is 2.54 bits per heavy atom. The first-order valence-electron chi connectivity index (χ1n) is 8.42. The smallest absolute Gasteiger partial charge is 0.310 e. The number of nitrogens with one attached hydrogen (secondary N) is 1. The first kappa shape index (κ1) is 17.1. The highest BCUT2D eigenvalue weighted by molar-refractivity contribution is 6.05. The summed E-state index contributed by atoms with van der Waals surface area (Å²) in [5.41, 5.74) is -0.818. The van der Waals surface area contributed by atoms with E-state index in [0.717, 1.165) is 0 Å². The number of piperidine rings is 1. The van der Waals surface area contributed by atoms with Gasteiger partial charge in [-0.2, -0.15) is 0 Å². The maximum atomic E-state index is 13.4. The van der Waals surface area contributed by atoms with Crippen molar-refractivity contribution in [3.63, 3.8) is 0 Å². The zero-order valence-corrected chi connectivity index (χ0v) is 14.0. The highest BCUT2D eigenvalue weighted by atomic mass is 16.4. The number of hydrogen-bond acceptors (Lipinski definition) is 5. The molecule has 2 heterocycles. The molecular formula is C18H24N2O4. The summed E-state index contributed by atoms with van der Waals surface area (Å²) >= 11 is 0. The van der Waals surface area contributed by atoms with E-state index in [0.29, 0.717) is 24.9 Å². The third-order valence-corrected chi connectivity index (χ3v) is 5.66. The van der Waals surface area contributed by atoms with Gasteiger partial charge in [-0.3, -0.25) is 14.5 Å².